The molecule has 1 aromatic carbocycles. The Morgan fingerprint density at radius 1 is 0.960 bits per heavy atom. The summed E-state index contributed by atoms with van der Waals surface area (Å²) in [5, 5.41) is 2.56. The van der Waals surface area contributed by atoms with E-state index in [-0.39, 0.29) is 11.3 Å². The van der Waals surface area contributed by atoms with Gasteiger partial charge in [0.05, 0.1) is 6.21 Å². The lowest BCUT2D eigenvalue weighted by atomic mass is 10.2. The van der Waals surface area contributed by atoms with Crippen LogP contribution in [0.1, 0.15) is 5.56 Å². The zero-order chi connectivity index (χ0) is 19.5. The summed E-state index contributed by atoms with van der Waals surface area (Å²) in [5.74, 6) is -6.75. The highest BCUT2D eigenvalue weighted by Crippen LogP contribution is 2.44. The van der Waals surface area contributed by atoms with Gasteiger partial charge >= 0.3 is 24.3 Å². The Balaban J connectivity index is 2.79. The maximum atomic E-state index is 12.9. The third-order valence-corrected chi connectivity index (χ3v) is 2.43. The van der Waals surface area contributed by atoms with Gasteiger partial charge in [0.1, 0.15) is 5.75 Å². The first-order chi connectivity index (χ1) is 11.2. The molecule has 0 saturated carbocycles. The van der Waals surface area contributed by atoms with E-state index in [1.165, 1.54) is 0 Å². The van der Waals surface area contributed by atoms with Crippen molar-refractivity contribution in [1.29, 1.82) is 0 Å². The van der Waals surface area contributed by atoms with Crippen LogP contribution < -0.4 is 10.2 Å². The fraction of sp³-hybridized carbons (Fsp3) is 0.417. The maximum Gasteiger partial charge on any atom is 0.462 e. The van der Waals surface area contributed by atoms with Crippen LogP contribution in [0.2, 0.25) is 0 Å². The Bertz CT molecular complexity index is 609. The first-order valence-electron chi connectivity index (χ1n) is 6.08. The first kappa shape index (κ1) is 20.8. The van der Waals surface area contributed by atoms with Gasteiger partial charge in [-0.05, 0) is 17.7 Å². The molecule has 0 saturated heterocycles. The number of benzene rings is 1. The number of nitrogens with zero attached hydrogens (tertiary/aromatic N) is 1. The predicted molar refractivity (Wildman–Crippen MR) is 64.7 cm³/mol. The van der Waals surface area contributed by atoms with E-state index in [1.807, 2.05) is 0 Å². The summed E-state index contributed by atoms with van der Waals surface area (Å²) in [6.07, 6.45) is -10.8. The molecule has 0 aliphatic carbocycles. The van der Waals surface area contributed by atoms with Gasteiger partial charge in [0.2, 0.25) is 0 Å². The Labute approximate surface area is 133 Å². The predicted octanol–water partition coefficient (Wildman–Crippen LogP) is 4.34. The quantitative estimate of drug-likeness (QED) is 0.342. The summed E-state index contributed by atoms with van der Waals surface area (Å²) in [4.78, 5) is 0. The molecule has 0 bridgehead atoms. The Kier molecular flexibility index (Phi) is 5.80. The number of nitrogens with one attached hydrogen (secondary N) is 1. The molecule has 13 heteroatoms. The largest absolute Gasteiger partial charge is 0.484 e. The Morgan fingerprint density at radius 3 is 2.08 bits per heavy atom. The average Bonchev–Trinajstić information content (AvgIpc) is 2.43. The molecule has 0 heterocycles. The SMILES string of the molecule is FC(F)(F)COc1cccc(/C=N/NC(F)(F)C(F)(F)C(F)(F)F)c1. The van der Waals surface area contributed by atoms with Crippen molar-refractivity contribution in [2.45, 2.75) is 24.3 Å². The van der Waals surface area contributed by atoms with E-state index in [0.717, 1.165) is 24.3 Å². The van der Waals surface area contributed by atoms with Crippen LogP contribution in [0, 0.1) is 0 Å². The minimum absolute atomic E-state index is 0.196. The summed E-state index contributed by atoms with van der Waals surface area (Å²) in [6.45, 7) is -1.65. The number of hydrogen-bond acceptors (Lipinski definition) is 3. The first-order valence-corrected chi connectivity index (χ1v) is 6.08. The fourth-order valence-corrected chi connectivity index (χ4v) is 1.29. The summed E-state index contributed by atoms with van der Waals surface area (Å²) in [7, 11) is 0. The highest BCUT2D eigenvalue weighted by molar-refractivity contribution is 5.79. The van der Waals surface area contributed by atoms with E-state index in [0.29, 0.717) is 11.6 Å². The van der Waals surface area contributed by atoms with E-state index in [2.05, 4.69) is 9.84 Å². The molecule has 0 amide bonds. The van der Waals surface area contributed by atoms with Crippen molar-refractivity contribution in [3.8, 4) is 5.75 Å². The van der Waals surface area contributed by atoms with Gasteiger partial charge < -0.3 is 4.74 Å². The van der Waals surface area contributed by atoms with Gasteiger partial charge in [-0.25, -0.2) is 5.43 Å². The zero-order valence-electron chi connectivity index (χ0n) is 11.7. The van der Waals surface area contributed by atoms with Crippen molar-refractivity contribution >= 4 is 6.21 Å². The van der Waals surface area contributed by atoms with E-state index >= 15 is 0 Å². The van der Waals surface area contributed by atoms with E-state index in [9.17, 15) is 43.9 Å². The lowest BCUT2D eigenvalue weighted by Crippen LogP contribution is -2.58. The maximum absolute atomic E-state index is 12.9. The van der Waals surface area contributed by atoms with Crippen molar-refractivity contribution in [2.24, 2.45) is 5.10 Å². The number of hydrazone groups is 1. The third kappa shape index (κ3) is 5.67. The second-order valence-electron chi connectivity index (χ2n) is 4.49. The smallest absolute Gasteiger partial charge is 0.462 e. The molecule has 142 valence electrons. The molecule has 0 fully saturated rings. The standard InChI is InChI=1S/C12H8F10N2O/c13-9(14,15)6-25-8-3-1-2-7(4-8)5-23-24-12(21,22)10(16,17)11(18,19)20/h1-5,24H,6H2/b23-5+. The normalized spacial score (nSPS) is 14.0. The molecular weight excluding hydrogens is 378 g/mol. The molecule has 1 rings (SSSR count). The van der Waals surface area contributed by atoms with Crippen molar-refractivity contribution in [2.75, 3.05) is 6.61 Å². The third-order valence-electron chi connectivity index (χ3n) is 2.43. The highest BCUT2D eigenvalue weighted by atomic mass is 19.4. The van der Waals surface area contributed by atoms with E-state index < -0.39 is 30.9 Å². The molecule has 0 unspecified atom stereocenters. The number of halogens is 10. The van der Waals surface area contributed by atoms with Gasteiger partial charge in [-0.1, -0.05) is 12.1 Å². The molecule has 0 radical (unpaired) electrons. The fourth-order valence-electron chi connectivity index (χ4n) is 1.29. The molecular formula is C12H8F10N2O. The van der Waals surface area contributed by atoms with Gasteiger partial charge in [0.25, 0.3) is 0 Å². The van der Waals surface area contributed by atoms with E-state index in [4.69, 9.17) is 0 Å². The van der Waals surface area contributed by atoms with E-state index in [1.54, 1.807) is 0 Å². The minimum atomic E-state index is -6.52. The molecule has 25 heavy (non-hydrogen) atoms. The molecule has 0 aliphatic heterocycles. The average molecular weight is 386 g/mol. The molecule has 0 aliphatic rings. The second kappa shape index (κ2) is 6.96. The number of hydrogen-bond donors (Lipinski definition) is 1. The molecule has 0 spiro atoms. The van der Waals surface area contributed by atoms with Crippen LogP contribution in [0.4, 0.5) is 43.9 Å². The topological polar surface area (TPSA) is 33.6 Å². The van der Waals surface area contributed by atoms with Crippen molar-refractivity contribution in [3.05, 3.63) is 29.8 Å². The lowest BCUT2D eigenvalue weighted by Gasteiger charge is -2.27. The molecule has 0 atom stereocenters. The van der Waals surface area contributed by atoms with Crippen molar-refractivity contribution in [3.63, 3.8) is 0 Å². The Hall–Kier alpha value is -2.21. The van der Waals surface area contributed by atoms with Crippen LogP contribution in [0.15, 0.2) is 29.4 Å². The molecule has 3 nitrogen and oxygen atoms in total. The molecule has 0 aromatic heterocycles. The van der Waals surface area contributed by atoms with Crippen LogP contribution in [0.3, 0.4) is 0 Å². The monoisotopic (exact) mass is 386 g/mol. The Morgan fingerprint density at radius 2 is 1.56 bits per heavy atom. The van der Waals surface area contributed by atoms with Gasteiger partial charge in [-0.2, -0.15) is 49.0 Å². The minimum Gasteiger partial charge on any atom is -0.484 e. The van der Waals surface area contributed by atoms with Gasteiger partial charge in [0, 0.05) is 0 Å². The second-order valence-corrected chi connectivity index (χ2v) is 4.49. The van der Waals surface area contributed by atoms with Gasteiger partial charge in [-0.15, -0.1) is 0 Å². The van der Waals surface area contributed by atoms with Crippen LogP contribution in [0.25, 0.3) is 0 Å². The number of ether oxygens (including phenoxy) is 1. The highest BCUT2D eigenvalue weighted by Gasteiger charge is 2.73. The van der Waals surface area contributed by atoms with Crippen LogP contribution in [-0.2, 0) is 0 Å². The molecule has 1 N–H and O–H groups in total. The van der Waals surface area contributed by atoms with Crippen molar-refractivity contribution in [1.82, 2.24) is 5.43 Å². The van der Waals surface area contributed by atoms with Crippen LogP contribution in [-0.4, -0.2) is 37.1 Å². The molecule has 1 aromatic rings. The van der Waals surface area contributed by atoms with Crippen LogP contribution in [0.5, 0.6) is 5.75 Å². The summed E-state index contributed by atoms with van der Waals surface area (Å²) in [6, 6.07) is -1.58. The summed E-state index contributed by atoms with van der Waals surface area (Å²) in [5.41, 5.74) is 0.179. The van der Waals surface area contributed by atoms with Crippen molar-refractivity contribution < 1.29 is 48.6 Å². The summed E-state index contributed by atoms with van der Waals surface area (Å²) >= 11 is 0. The van der Waals surface area contributed by atoms with Gasteiger partial charge in [0.15, 0.2) is 6.61 Å². The number of alkyl halides is 10. The number of rotatable bonds is 6. The zero-order valence-corrected chi connectivity index (χ0v) is 11.7. The van der Waals surface area contributed by atoms with Crippen LogP contribution >= 0.6 is 0 Å². The lowest BCUT2D eigenvalue weighted by molar-refractivity contribution is -0.361. The summed E-state index contributed by atoms with van der Waals surface area (Å²) < 4.78 is 127. The van der Waals surface area contributed by atoms with Gasteiger partial charge in [-0.3, -0.25) is 0 Å².